The van der Waals surface area contributed by atoms with Gasteiger partial charge in [-0.2, -0.15) is 5.10 Å². The van der Waals surface area contributed by atoms with Gasteiger partial charge in [0.15, 0.2) is 5.82 Å². The predicted octanol–water partition coefficient (Wildman–Crippen LogP) is 2.40. The summed E-state index contributed by atoms with van der Waals surface area (Å²) in [7, 11) is 0. The summed E-state index contributed by atoms with van der Waals surface area (Å²) in [6.45, 7) is 5.97. The summed E-state index contributed by atoms with van der Waals surface area (Å²) in [4.78, 5) is 9.30. The van der Waals surface area contributed by atoms with Crippen molar-refractivity contribution >= 4 is 18.1 Å². The minimum absolute atomic E-state index is 0.118. The van der Waals surface area contributed by atoms with Gasteiger partial charge in [-0.05, 0) is 24.6 Å². The lowest BCUT2D eigenvalue weighted by Gasteiger charge is -2.40. The maximum Gasteiger partial charge on any atom is 0.158 e. The summed E-state index contributed by atoms with van der Waals surface area (Å²) >= 11 is 0. The van der Waals surface area contributed by atoms with Crippen molar-refractivity contribution in [2.75, 3.05) is 31.1 Å². The van der Waals surface area contributed by atoms with Gasteiger partial charge in [0.1, 0.15) is 12.0 Å². The number of hydrogen-bond acceptors (Lipinski definition) is 5. The second kappa shape index (κ2) is 7.58. The van der Waals surface area contributed by atoms with Crippen LogP contribution in [0.5, 0.6) is 0 Å². The Labute approximate surface area is 153 Å². The quantitative estimate of drug-likeness (QED) is 0.891. The van der Waals surface area contributed by atoms with E-state index in [-0.39, 0.29) is 6.17 Å². The fourth-order valence-electron chi connectivity index (χ4n) is 3.31. The van der Waals surface area contributed by atoms with E-state index in [4.69, 9.17) is 4.99 Å². The molecule has 1 unspecified atom stereocenters. The van der Waals surface area contributed by atoms with Gasteiger partial charge in [-0.25, -0.2) is 0 Å². The van der Waals surface area contributed by atoms with Crippen LogP contribution in [-0.4, -0.2) is 53.7 Å². The minimum atomic E-state index is -0.118. The summed E-state index contributed by atoms with van der Waals surface area (Å²) in [5, 5.41) is 11.0. The molecule has 0 radical (unpaired) electrons. The number of aliphatic imine (C=N–C) groups is 1. The topological polar surface area (TPSA) is 59.5 Å². The largest absolute Gasteiger partial charge is 0.355 e. The summed E-state index contributed by atoms with van der Waals surface area (Å²) in [5.41, 5.74) is 2.21. The first-order chi connectivity index (χ1) is 12.8. The third-order valence-corrected chi connectivity index (χ3v) is 4.61. The molecule has 0 amide bonds. The number of allylic oxidation sites excluding steroid dienone is 1. The molecule has 1 fully saturated rings. The molecule has 1 atom stereocenters. The zero-order chi connectivity index (χ0) is 17.8. The van der Waals surface area contributed by atoms with E-state index in [1.54, 1.807) is 0 Å². The van der Waals surface area contributed by atoms with Gasteiger partial charge in [-0.3, -0.25) is 15.0 Å². The van der Waals surface area contributed by atoms with Gasteiger partial charge in [-0.1, -0.05) is 36.4 Å². The number of nitrogens with one attached hydrogen (secondary N) is 2. The van der Waals surface area contributed by atoms with Gasteiger partial charge < -0.3 is 10.2 Å². The zero-order valence-electron chi connectivity index (χ0n) is 15.0. The van der Waals surface area contributed by atoms with Crippen LogP contribution in [0.3, 0.4) is 0 Å². The first kappa shape index (κ1) is 16.6. The molecule has 1 saturated heterocycles. The van der Waals surface area contributed by atoms with E-state index in [9.17, 15) is 0 Å². The summed E-state index contributed by atoms with van der Waals surface area (Å²) < 4.78 is 0. The van der Waals surface area contributed by atoms with Gasteiger partial charge in [0.2, 0.25) is 0 Å². The van der Waals surface area contributed by atoms with Crippen LogP contribution >= 0.6 is 0 Å². The average molecular weight is 348 g/mol. The van der Waals surface area contributed by atoms with Crippen molar-refractivity contribution in [1.82, 2.24) is 20.4 Å². The third kappa shape index (κ3) is 3.55. The molecule has 0 bridgehead atoms. The van der Waals surface area contributed by atoms with E-state index >= 15 is 0 Å². The Morgan fingerprint density at radius 1 is 1.15 bits per heavy atom. The monoisotopic (exact) mass is 348 g/mol. The number of H-pyrrole nitrogens is 1. The lowest BCUT2D eigenvalue weighted by Crippen LogP contribution is -2.49. The third-order valence-electron chi connectivity index (χ3n) is 4.61. The second-order valence-corrected chi connectivity index (χ2v) is 6.52. The Bertz CT molecular complexity index is 814. The molecule has 26 heavy (non-hydrogen) atoms. The normalized spacial score (nSPS) is 20.7. The molecule has 6 heteroatoms. The average Bonchev–Trinajstić information content (AvgIpc) is 3.13. The van der Waals surface area contributed by atoms with E-state index in [0.29, 0.717) is 0 Å². The van der Waals surface area contributed by atoms with Crippen molar-refractivity contribution in [2.45, 2.75) is 13.1 Å². The highest BCUT2D eigenvalue weighted by molar-refractivity contribution is 5.77. The van der Waals surface area contributed by atoms with Crippen molar-refractivity contribution in [3.05, 3.63) is 65.6 Å². The van der Waals surface area contributed by atoms with E-state index in [1.807, 2.05) is 31.3 Å². The van der Waals surface area contributed by atoms with Crippen LogP contribution < -0.4 is 10.2 Å². The highest BCUT2D eigenvalue weighted by Crippen LogP contribution is 2.27. The predicted molar refractivity (Wildman–Crippen MR) is 106 cm³/mol. The number of aromatic amines is 1. The van der Waals surface area contributed by atoms with Gasteiger partial charge in [0.05, 0.1) is 0 Å². The van der Waals surface area contributed by atoms with E-state index in [0.717, 1.165) is 43.5 Å². The molecule has 2 aliphatic heterocycles. The number of nitrogens with zero attached hydrogens (tertiary/aromatic N) is 4. The van der Waals surface area contributed by atoms with Crippen LogP contribution in [0.25, 0.3) is 6.08 Å². The smallest absolute Gasteiger partial charge is 0.158 e. The Morgan fingerprint density at radius 2 is 1.96 bits per heavy atom. The van der Waals surface area contributed by atoms with Crippen molar-refractivity contribution in [2.24, 2.45) is 4.99 Å². The number of benzene rings is 1. The highest BCUT2D eigenvalue weighted by atomic mass is 15.4. The van der Waals surface area contributed by atoms with Crippen LogP contribution in [0, 0.1) is 6.92 Å². The van der Waals surface area contributed by atoms with Crippen LogP contribution in [-0.2, 0) is 0 Å². The Balaban J connectivity index is 1.65. The highest BCUT2D eigenvalue weighted by Gasteiger charge is 2.28. The standard InChI is InChI=1S/C20H24N6/c1-16-15-19(24-23-16)26-18(8-7-17-5-3-2-4-6-17)22-10-9-20(26)25-13-11-21-12-14-25/h2-10,15,18,21H,11-14H2,1H3,(H,23,24)/b8-7+. The fourth-order valence-corrected chi connectivity index (χ4v) is 3.31. The molecule has 134 valence electrons. The molecule has 0 aliphatic carbocycles. The SMILES string of the molecule is Cc1cc(N2C(N3CCNCC3)=CC=NC2/C=C/c2ccccc2)n[nH]1. The first-order valence-corrected chi connectivity index (χ1v) is 9.05. The van der Waals surface area contributed by atoms with Crippen molar-refractivity contribution in [3.8, 4) is 0 Å². The van der Waals surface area contributed by atoms with Crippen molar-refractivity contribution < 1.29 is 0 Å². The number of anilines is 1. The van der Waals surface area contributed by atoms with Crippen LogP contribution in [0.4, 0.5) is 5.82 Å². The van der Waals surface area contributed by atoms with Crippen LogP contribution in [0.1, 0.15) is 11.3 Å². The van der Waals surface area contributed by atoms with Gasteiger partial charge in [0.25, 0.3) is 0 Å². The molecule has 2 aliphatic rings. The zero-order valence-corrected chi connectivity index (χ0v) is 15.0. The summed E-state index contributed by atoms with van der Waals surface area (Å²) in [5.74, 6) is 2.04. The lowest BCUT2D eigenvalue weighted by molar-refractivity contribution is 0.288. The summed E-state index contributed by atoms with van der Waals surface area (Å²) in [6, 6.07) is 12.4. The molecule has 0 saturated carbocycles. The summed E-state index contributed by atoms with van der Waals surface area (Å²) in [6.07, 6.45) is 8.13. The van der Waals surface area contributed by atoms with Gasteiger partial charge in [-0.15, -0.1) is 0 Å². The van der Waals surface area contributed by atoms with Crippen molar-refractivity contribution in [3.63, 3.8) is 0 Å². The number of aryl methyl sites for hydroxylation is 1. The van der Waals surface area contributed by atoms with E-state index in [2.05, 4.69) is 61.7 Å². The Hall–Kier alpha value is -2.86. The molecule has 2 N–H and O–H groups in total. The number of piperazine rings is 1. The number of hydrogen-bond donors (Lipinski definition) is 2. The molecule has 1 aromatic heterocycles. The maximum absolute atomic E-state index is 4.70. The molecule has 3 heterocycles. The van der Waals surface area contributed by atoms with Crippen LogP contribution in [0.2, 0.25) is 0 Å². The molecule has 0 spiro atoms. The lowest BCUT2D eigenvalue weighted by atomic mass is 10.2. The minimum Gasteiger partial charge on any atom is -0.355 e. The number of rotatable bonds is 4. The first-order valence-electron chi connectivity index (χ1n) is 9.05. The van der Waals surface area contributed by atoms with Crippen molar-refractivity contribution in [1.29, 1.82) is 0 Å². The molecule has 6 nitrogen and oxygen atoms in total. The van der Waals surface area contributed by atoms with Crippen LogP contribution in [0.15, 0.2) is 59.4 Å². The van der Waals surface area contributed by atoms with Gasteiger partial charge in [0, 0.05) is 44.2 Å². The molecule has 1 aromatic carbocycles. The van der Waals surface area contributed by atoms with E-state index in [1.165, 1.54) is 5.56 Å². The molecule has 4 rings (SSSR count). The molecule has 2 aromatic rings. The second-order valence-electron chi connectivity index (χ2n) is 6.52. The van der Waals surface area contributed by atoms with E-state index < -0.39 is 0 Å². The maximum atomic E-state index is 4.70. The molecular weight excluding hydrogens is 324 g/mol. The van der Waals surface area contributed by atoms with Gasteiger partial charge >= 0.3 is 0 Å². The Kier molecular flexibility index (Phi) is 4.84. The molecular formula is C20H24N6. The Morgan fingerprint density at radius 3 is 2.69 bits per heavy atom. The number of aromatic nitrogens is 2. The fraction of sp³-hybridized carbons (Fsp3) is 0.300.